The Balaban J connectivity index is 2.19. The minimum absolute atomic E-state index is 0.130. The summed E-state index contributed by atoms with van der Waals surface area (Å²) in [6, 6.07) is 0. The molecular formula is C13H26N2O2. The van der Waals surface area contributed by atoms with E-state index in [1.54, 1.807) is 0 Å². The largest absolute Gasteiger partial charge is 0.369 e. The van der Waals surface area contributed by atoms with Crippen molar-refractivity contribution in [1.29, 1.82) is 0 Å². The number of rotatable bonds is 6. The first-order valence-corrected chi connectivity index (χ1v) is 6.73. The highest BCUT2D eigenvalue weighted by Crippen LogP contribution is 2.16. The lowest BCUT2D eigenvalue weighted by Gasteiger charge is -2.32. The Morgan fingerprint density at radius 2 is 2.06 bits per heavy atom. The fraction of sp³-hybridized carbons (Fsp3) is 0.923. The van der Waals surface area contributed by atoms with Gasteiger partial charge < -0.3 is 15.0 Å². The zero-order valence-corrected chi connectivity index (χ0v) is 11.4. The fourth-order valence-electron chi connectivity index (χ4n) is 2.06. The van der Waals surface area contributed by atoms with E-state index in [0.29, 0.717) is 0 Å². The van der Waals surface area contributed by atoms with E-state index in [-0.39, 0.29) is 18.6 Å². The second kappa shape index (κ2) is 7.67. The number of hydrogen-bond donors (Lipinski definition) is 1. The van der Waals surface area contributed by atoms with Crippen LogP contribution in [0.25, 0.3) is 0 Å². The number of nitrogens with one attached hydrogen (secondary N) is 1. The van der Waals surface area contributed by atoms with Crippen LogP contribution < -0.4 is 5.32 Å². The van der Waals surface area contributed by atoms with Crippen LogP contribution in [0.4, 0.5) is 0 Å². The first-order chi connectivity index (χ1) is 8.13. The van der Waals surface area contributed by atoms with E-state index in [1.165, 1.54) is 0 Å². The van der Waals surface area contributed by atoms with Crippen LogP contribution >= 0.6 is 0 Å². The number of carbonyl (C=O) groups is 1. The summed E-state index contributed by atoms with van der Waals surface area (Å²) >= 11 is 0. The van der Waals surface area contributed by atoms with Crippen LogP contribution in [0.2, 0.25) is 0 Å². The van der Waals surface area contributed by atoms with Crippen LogP contribution in [0.1, 0.15) is 33.6 Å². The van der Waals surface area contributed by atoms with Crippen molar-refractivity contribution in [3.63, 3.8) is 0 Å². The quantitative estimate of drug-likeness (QED) is 0.762. The molecule has 0 unspecified atom stereocenters. The van der Waals surface area contributed by atoms with E-state index < -0.39 is 0 Å². The summed E-state index contributed by atoms with van der Waals surface area (Å²) < 4.78 is 5.35. The van der Waals surface area contributed by atoms with Crippen molar-refractivity contribution < 1.29 is 9.53 Å². The third-order valence-corrected chi connectivity index (χ3v) is 3.19. The van der Waals surface area contributed by atoms with Crippen LogP contribution in [0.3, 0.4) is 0 Å². The van der Waals surface area contributed by atoms with Gasteiger partial charge in [0.2, 0.25) is 5.91 Å². The minimum Gasteiger partial charge on any atom is -0.369 e. The molecule has 1 amide bonds. The molecule has 100 valence electrons. The van der Waals surface area contributed by atoms with Gasteiger partial charge in [-0.3, -0.25) is 4.79 Å². The molecule has 0 radical (unpaired) electrons. The average Bonchev–Trinajstić information content (AvgIpc) is 2.34. The van der Waals surface area contributed by atoms with E-state index >= 15 is 0 Å². The fourth-order valence-corrected chi connectivity index (χ4v) is 2.06. The number of ether oxygens (including phenoxy) is 1. The number of piperidine rings is 1. The molecule has 1 aliphatic heterocycles. The van der Waals surface area contributed by atoms with Gasteiger partial charge in [-0.15, -0.1) is 0 Å². The highest BCUT2D eigenvalue weighted by molar-refractivity contribution is 5.77. The van der Waals surface area contributed by atoms with Crippen LogP contribution in [0.5, 0.6) is 0 Å². The molecule has 1 rings (SSSR count). The lowest BCUT2D eigenvalue weighted by Crippen LogP contribution is -2.42. The monoisotopic (exact) mass is 242 g/mol. The molecule has 17 heavy (non-hydrogen) atoms. The van der Waals surface area contributed by atoms with Gasteiger partial charge in [-0.05, 0) is 45.7 Å². The van der Waals surface area contributed by atoms with E-state index in [9.17, 15) is 4.79 Å². The van der Waals surface area contributed by atoms with Crippen LogP contribution in [-0.4, -0.2) is 49.7 Å². The van der Waals surface area contributed by atoms with E-state index in [4.69, 9.17) is 4.74 Å². The van der Waals surface area contributed by atoms with Gasteiger partial charge in [0, 0.05) is 13.1 Å². The molecule has 0 aromatic heterocycles. The maximum Gasteiger partial charge on any atom is 0.248 e. The van der Waals surface area contributed by atoms with E-state index in [1.807, 2.05) is 18.7 Å². The Morgan fingerprint density at radius 1 is 1.41 bits per heavy atom. The average molecular weight is 242 g/mol. The summed E-state index contributed by atoms with van der Waals surface area (Å²) in [6.07, 6.45) is 2.35. The van der Waals surface area contributed by atoms with Gasteiger partial charge in [-0.1, -0.05) is 6.92 Å². The predicted molar refractivity (Wildman–Crippen MR) is 68.9 cm³/mol. The second-order valence-electron chi connectivity index (χ2n) is 4.99. The van der Waals surface area contributed by atoms with Gasteiger partial charge in [0.15, 0.2) is 0 Å². The van der Waals surface area contributed by atoms with Crippen molar-refractivity contribution in [2.24, 2.45) is 5.92 Å². The molecule has 0 aromatic rings. The smallest absolute Gasteiger partial charge is 0.248 e. The van der Waals surface area contributed by atoms with Crippen LogP contribution in [-0.2, 0) is 9.53 Å². The summed E-state index contributed by atoms with van der Waals surface area (Å²) in [7, 11) is 0. The normalized spacial score (nSPS) is 17.8. The van der Waals surface area contributed by atoms with Gasteiger partial charge >= 0.3 is 0 Å². The Hall–Kier alpha value is -0.610. The van der Waals surface area contributed by atoms with Gasteiger partial charge in [-0.2, -0.15) is 0 Å². The molecule has 0 spiro atoms. The molecule has 0 atom stereocenters. The maximum absolute atomic E-state index is 11.8. The predicted octanol–water partition coefficient (Wildman–Crippen LogP) is 1.26. The Kier molecular flexibility index (Phi) is 6.52. The highest BCUT2D eigenvalue weighted by atomic mass is 16.5. The summed E-state index contributed by atoms with van der Waals surface area (Å²) in [5.41, 5.74) is 0. The van der Waals surface area contributed by atoms with Gasteiger partial charge in [0.1, 0.15) is 6.61 Å². The molecule has 0 saturated carbocycles. The Labute approximate surface area is 105 Å². The molecule has 0 aliphatic carbocycles. The molecule has 0 bridgehead atoms. The second-order valence-corrected chi connectivity index (χ2v) is 4.99. The van der Waals surface area contributed by atoms with E-state index in [2.05, 4.69) is 12.2 Å². The zero-order chi connectivity index (χ0) is 12.7. The lowest BCUT2D eigenvalue weighted by molar-refractivity contribution is -0.138. The number of nitrogens with zero attached hydrogens (tertiary/aromatic N) is 1. The van der Waals surface area contributed by atoms with Crippen LogP contribution in [0, 0.1) is 5.92 Å². The molecule has 1 heterocycles. The Bertz CT molecular complexity index is 223. The summed E-state index contributed by atoms with van der Waals surface area (Å²) in [5, 5.41) is 3.37. The number of carbonyl (C=O) groups excluding carboxylic acids is 1. The standard InChI is InChI=1S/C13H26N2O2/c1-4-14-9-12-5-7-15(8-6-12)13(16)10-17-11(2)3/h11-12,14H,4-10H2,1-3H3. The van der Waals surface area contributed by atoms with Gasteiger partial charge in [-0.25, -0.2) is 0 Å². The lowest BCUT2D eigenvalue weighted by atomic mass is 9.97. The topological polar surface area (TPSA) is 41.6 Å². The molecule has 4 heteroatoms. The molecule has 1 fully saturated rings. The maximum atomic E-state index is 11.8. The minimum atomic E-state index is 0.130. The summed E-state index contributed by atoms with van der Waals surface area (Å²) in [5.74, 6) is 0.866. The molecule has 4 nitrogen and oxygen atoms in total. The molecular weight excluding hydrogens is 216 g/mol. The van der Waals surface area contributed by atoms with Gasteiger partial charge in [0.25, 0.3) is 0 Å². The first kappa shape index (κ1) is 14.5. The molecule has 1 saturated heterocycles. The number of hydrogen-bond acceptors (Lipinski definition) is 3. The molecule has 1 N–H and O–H groups in total. The number of likely N-dealkylation sites (tertiary alicyclic amines) is 1. The van der Waals surface area contributed by atoms with Crippen molar-refractivity contribution in [1.82, 2.24) is 10.2 Å². The zero-order valence-electron chi connectivity index (χ0n) is 11.4. The highest BCUT2D eigenvalue weighted by Gasteiger charge is 2.22. The van der Waals surface area contributed by atoms with E-state index in [0.717, 1.165) is 44.9 Å². The third-order valence-electron chi connectivity index (χ3n) is 3.19. The molecule has 1 aliphatic rings. The van der Waals surface area contributed by atoms with Crippen molar-refractivity contribution in [3.05, 3.63) is 0 Å². The van der Waals surface area contributed by atoms with Crippen LogP contribution in [0.15, 0.2) is 0 Å². The van der Waals surface area contributed by atoms with Crippen molar-refractivity contribution in [3.8, 4) is 0 Å². The van der Waals surface area contributed by atoms with Crippen molar-refractivity contribution >= 4 is 5.91 Å². The Morgan fingerprint density at radius 3 is 2.59 bits per heavy atom. The summed E-state index contributed by atoms with van der Waals surface area (Å²) in [6.45, 7) is 10.2. The van der Waals surface area contributed by atoms with Gasteiger partial charge in [0.05, 0.1) is 6.10 Å². The van der Waals surface area contributed by atoms with Crippen molar-refractivity contribution in [2.75, 3.05) is 32.8 Å². The first-order valence-electron chi connectivity index (χ1n) is 6.73. The SMILES string of the molecule is CCNCC1CCN(C(=O)COC(C)C)CC1. The number of amides is 1. The summed E-state index contributed by atoms with van der Waals surface area (Å²) in [4.78, 5) is 13.7. The van der Waals surface area contributed by atoms with Crippen molar-refractivity contribution in [2.45, 2.75) is 39.7 Å². The molecule has 0 aromatic carbocycles. The third kappa shape index (κ3) is 5.50.